The van der Waals surface area contributed by atoms with E-state index in [1.165, 1.54) is 22.3 Å². The van der Waals surface area contributed by atoms with E-state index in [1.54, 1.807) is 18.2 Å². The third-order valence-electron chi connectivity index (χ3n) is 5.17. The van der Waals surface area contributed by atoms with Gasteiger partial charge in [-0.15, -0.1) is 0 Å². The number of benzene rings is 2. The lowest BCUT2D eigenvalue weighted by Crippen LogP contribution is -2.35. The number of nitrogens with zero attached hydrogens (tertiary/aromatic N) is 3. The minimum absolute atomic E-state index is 0.00897. The number of amides is 1. The minimum Gasteiger partial charge on any atom is -0.490 e. The molecule has 0 bridgehead atoms. The average Bonchev–Trinajstić information content (AvgIpc) is 3.26. The van der Waals surface area contributed by atoms with Crippen LogP contribution in [-0.2, 0) is 4.79 Å². The quantitative estimate of drug-likeness (QED) is 0.385. The van der Waals surface area contributed by atoms with Crippen molar-refractivity contribution in [2.75, 3.05) is 19.8 Å². The minimum atomic E-state index is -0.458. The van der Waals surface area contributed by atoms with E-state index >= 15 is 0 Å². The van der Waals surface area contributed by atoms with Gasteiger partial charge in [0.2, 0.25) is 5.17 Å². The summed E-state index contributed by atoms with van der Waals surface area (Å²) in [5.74, 6) is 1.65. The van der Waals surface area contributed by atoms with E-state index in [-0.39, 0.29) is 17.3 Å². The van der Waals surface area contributed by atoms with Gasteiger partial charge in [0.1, 0.15) is 24.0 Å². The summed E-state index contributed by atoms with van der Waals surface area (Å²) >= 11 is 1.33. The molecule has 2 aliphatic heterocycles. The lowest BCUT2D eigenvalue weighted by Gasteiger charge is -2.20. The largest absolute Gasteiger partial charge is 0.490 e. The Morgan fingerprint density at radius 1 is 1.06 bits per heavy atom. The van der Waals surface area contributed by atoms with E-state index in [4.69, 9.17) is 19.6 Å². The number of carbonyl (C=O) groups excluding carboxylic acids is 1. The molecule has 0 aromatic heterocycles. The van der Waals surface area contributed by atoms with Crippen LogP contribution in [0.4, 0.5) is 0 Å². The normalized spacial score (nSPS) is 16.4. The molecule has 0 radical (unpaired) electrons. The number of amidine groups is 2. The molecule has 4 rings (SSSR count). The number of fused-ring (bicyclic) bond motifs is 1. The van der Waals surface area contributed by atoms with Crippen LogP contribution in [0.1, 0.15) is 31.9 Å². The van der Waals surface area contributed by atoms with E-state index in [9.17, 15) is 4.79 Å². The van der Waals surface area contributed by atoms with E-state index in [2.05, 4.69) is 10.1 Å². The van der Waals surface area contributed by atoms with Gasteiger partial charge in [0.25, 0.3) is 5.91 Å². The Morgan fingerprint density at radius 2 is 1.80 bits per heavy atom. The van der Waals surface area contributed by atoms with Crippen molar-refractivity contribution in [2.45, 2.75) is 27.7 Å². The predicted octanol–water partition coefficient (Wildman–Crippen LogP) is 5.13. The van der Waals surface area contributed by atoms with Crippen LogP contribution in [0.2, 0.25) is 0 Å². The van der Waals surface area contributed by atoms with Crippen LogP contribution < -0.4 is 14.2 Å². The molecular weight excluding hydrogens is 464 g/mol. The van der Waals surface area contributed by atoms with Gasteiger partial charge in [0.15, 0.2) is 17.3 Å². The van der Waals surface area contributed by atoms with E-state index < -0.39 is 5.91 Å². The highest BCUT2D eigenvalue weighted by atomic mass is 32.2. The van der Waals surface area contributed by atoms with Crippen LogP contribution in [0.15, 0.2) is 58.1 Å². The van der Waals surface area contributed by atoms with Crippen molar-refractivity contribution >= 4 is 39.8 Å². The zero-order valence-electron chi connectivity index (χ0n) is 20.2. The Kier molecular flexibility index (Phi) is 7.55. The lowest BCUT2D eigenvalue weighted by molar-refractivity contribution is -0.114. The van der Waals surface area contributed by atoms with Gasteiger partial charge in [-0.3, -0.25) is 10.2 Å². The van der Waals surface area contributed by atoms with Crippen LogP contribution in [0.3, 0.4) is 0 Å². The van der Waals surface area contributed by atoms with E-state index in [0.29, 0.717) is 42.1 Å². The van der Waals surface area contributed by atoms with Crippen molar-refractivity contribution in [1.82, 2.24) is 5.01 Å². The van der Waals surface area contributed by atoms with Gasteiger partial charge < -0.3 is 14.2 Å². The molecule has 0 saturated carbocycles. The van der Waals surface area contributed by atoms with Gasteiger partial charge in [0, 0.05) is 5.92 Å². The molecule has 9 heteroatoms. The number of carbonyl (C=O) groups is 1. The molecule has 1 amide bonds. The van der Waals surface area contributed by atoms with Crippen LogP contribution in [-0.4, -0.2) is 46.8 Å². The highest BCUT2D eigenvalue weighted by Crippen LogP contribution is 2.33. The van der Waals surface area contributed by atoms with Crippen molar-refractivity contribution in [3.8, 4) is 17.2 Å². The Morgan fingerprint density at radius 3 is 2.51 bits per heavy atom. The third-order valence-corrected chi connectivity index (χ3v) is 6.38. The van der Waals surface area contributed by atoms with Crippen molar-refractivity contribution in [3.05, 3.63) is 59.2 Å². The second-order valence-electron chi connectivity index (χ2n) is 8.26. The second-order valence-corrected chi connectivity index (χ2v) is 9.25. The first-order valence-electron chi connectivity index (χ1n) is 11.4. The Balaban J connectivity index is 1.46. The molecule has 0 aliphatic carbocycles. The number of nitrogens with one attached hydrogen (secondary N) is 1. The first kappa shape index (κ1) is 24.5. The van der Waals surface area contributed by atoms with E-state index in [0.717, 1.165) is 10.8 Å². The summed E-state index contributed by atoms with van der Waals surface area (Å²) in [7, 11) is 0. The number of aliphatic imine (C=N–C) groups is 1. The van der Waals surface area contributed by atoms with Crippen molar-refractivity contribution in [1.29, 1.82) is 5.41 Å². The maximum absolute atomic E-state index is 12.7. The molecule has 8 nitrogen and oxygen atoms in total. The third kappa shape index (κ3) is 5.74. The highest BCUT2D eigenvalue weighted by molar-refractivity contribution is 8.27. The summed E-state index contributed by atoms with van der Waals surface area (Å²) in [6.45, 7) is 9.14. The molecule has 0 spiro atoms. The van der Waals surface area contributed by atoms with Crippen molar-refractivity contribution in [2.24, 2.45) is 16.0 Å². The SMILES string of the molecule is CCOc1cc(C=C2C(=N)N3N=C(C(C)C)SC3=NC2=O)ccc1OCCOc1ccc(C)cc1. The maximum atomic E-state index is 12.7. The molecule has 0 fully saturated rings. The van der Waals surface area contributed by atoms with Gasteiger partial charge >= 0.3 is 0 Å². The number of hydrogen-bond donors (Lipinski definition) is 1. The smallest absolute Gasteiger partial charge is 0.283 e. The molecule has 0 atom stereocenters. The Labute approximate surface area is 209 Å². The van der Waals surface area contributed by atoms with E-state index in [1.807, 2.05) is 58.0 Å². The van der Waals surface area contributed by atoms with Gasteiger partial charge in [-0.1, -0.05) is 37.6 Å². The highest BCUT2D eigenvalue weighted by Gasteiger charge is 2.36. The Bertz CT molecular complexity index is 1220. The average molecular weight is 493 g/mol. The van der Waals surface area contributed by atoms with Gasteiger partial charge in [-0.25, -0.2) is 0 Å². The molecule has 1 N–H and O–H groups in total. The number of aryl methyl sites for hydroxylation is 1. The number of hydrazone groups is 1. The first-order chi connectivity index (χ1) is 16.9. The number of rotatable bonds is 9. The number of thioether (sulfide) groups is 1. The van der Waals surface area contributed by atoms with Crippen molar-refractivity contribution in [3.63, 3.8) is 0 Å². The molecule has 2 aliphatic rings. The summed E-state index contributed by atoms with van der Waals surface area (Å²) in [4.78, 5) is 16.8. The zero-order chi connectivity index (χ0) is 24.9. The molecule has 0 unspecified atom stereocenters. The Hall–Kier alpha value is -3.59. The summed E-state index contributed by atoms with van der Waals surface area (Å²) in [6, 6.07) is 13.2. The first-order valence-corrected chi connectivity index (χ1v) is 12.3. The van der Waals surface area contributed by atoms with Crippen LogP contribution in [0.5, 0.6) is 17.2 Å². The number of hydrogen-bond acceptors (Lipinski definition) is 7. The standard InChI is InChI=1S/C26H28N4O4S/c1-5-32-22-15-18(8-11-21(22)34-13-12-33-19-9-6-17(4)7-10-19)14-20-23(27)30-26(28-24(20)31)35-25(29-30)16(2)3/h6-11,14-16,27H,5,12-13H2,1-4H3. The zero-order valence-corrected chi connectivity index (χ0v) is 21.0. The molecular formula is C26H28N4O4S. The summed E-state index contributed by atoms with van der Waals surface area (Å²) in [5.41, 5.74) is 2.05. The predicted molar refractivity (Wildman–Crippen MR) is 140 cm³/mol. The molecule has 2 aromatic carbocycles. The summed E-state index contributed by atoms with van der Waals surface area (Å²) < 4.78 is 17.4. The molecule has 0 saturated heterocycles. The van der Waals surface area contributed by atoms with Gasteiger partial charge in [0.05, 0.1) is 12.2 Å². The molecule has 2 heterocycles. The fraction of sp³-hybridized carbons (Fsp3) is 0.308. The molecule has 35 heavy (non-hydrogen) atoms. The fourth-order valence-corrected chi connectivity index (χ4v) is 4.25. The van der Waals surface area contributed by atoms with Crippen LogP contribution >= 0.6 is 11.8 Å². The topological polar surface area (TPSA) is 96.6 Å². The summed E-state index contributed by atoms with van der Waals surface area (Å²) in [5, 5.41) is 15.6. The molecule has 2 aromatic rings. The van der Waals surface area contributed by atoms with Crippen LogP contribution in [0.25, 0.3) is 6.08 Å². The second kappa shape index (κ2) is 10.8. The molecule has 182 valence electrons. The fourth-order valence-electron chi connectivity index (χ4n) is 3.35. The van der Waals surface area contributed by atoms with Crippen molar-refractivity contribution < 1.29 is 19.0 Å². The number of ether oxygens (including phenoxy) is 3. The lowest BCUT2D eigenvalue weighted by atomic mass is 10.1. The monoisotopic (exact) mass is 492 g/mol. The van der Waals surface area contributed by atoms with Gasteiger partial charge in [-0.05, 0) is 61.5 Å². The maximum Gasteiger partial charge on any atom is 0.283 e. The van der Waals surface area contributed by atoms with Crippen LogP contribution in [0, 0.1) is 18.3 Å². The van der Waals surface area contributed by atoms with Gasteiger partial charge in [-0.2, -0.15) is 15.1 Å². The summed E-state index contributed by atoms with van der Waals surface area (Å²) in [6.07, 6.45) is 1.63.